The van der Waals surface area contributed by atoms with Crippen molar-refractivity contribution < 1.29 is 55.4 Å². The molecule has 0 aliphatic heterocycles. The van der Waals surface area contributed by atoms with Crippen molar-refractivity contribution in [2.75, 3.05) is 0 Å². The normalized spacial score (nSPS) is 15.6. The van der Waals surface area contributed by atoms with Gasteiger partial charge in [0.1, 0.15) is 0 Å². The summed E-state index contributed by atoms with van der Waals surface area (Å²) in [6, 6.07) is 0. The van der Waals surface area contributed by atoms with Crippen molar-refractivity contribution in [1.29, 1.82) is 0 Å². The van der Waals surface area contributed by atoms with Gasteiger partial charge in [0.05, 0.1) is 0 Å². The Morgan fingerprint density at radius 1 is 0.667 bits per heavy atom. The van der Waals surface area contributed by atoms with Crippen LogP contribution in [0.15, 0.2) is 0 Å². The fraction of sp³-hybridized carbons (Fsp3) is 1.00. The molecule has 0 saturated carbocycles. The maximum atomic E-state index is 11.5. The molecule has 0 atom stereocenters. The van der Waals surface area contributed by atoms with Crippen LogP contribution in [-0.4, -0.2) is 27.9 Å². The second kappa shape index (κ2) is 3.77. The van der Waals surface area contributed by atoms with E-state index in [4.69, 9.17) is 0 Å². The van der Waals surface area contributed by atoms with E-state index in [1.807, 2.05) is 0 Å². The van der Waals surface area contributed by atoms with Crippen molar-refractivity contribution in [1.82, 2.24) is 0 Å². The van der Waals surface area contributed by atoms with Crippen LogP contribution in [0, 0.1) is 0 Å². The van der Waals surface area contributed by atoms with Crippen LogP contribution in [0.2, 0.25) is 0 Å². The molecule has 0 rings (SSSR count). The van der Waals surface area contributed by atoms with E-state index in [9.17, 15) is 43.2 Å². The third-order valence-corrected chi connectivity index (χ3v) is 8.09. The molecule has 0 spiro atoms. The Hall–Kier alpha value is -0.0265. The molecule has 0 heterocycles. The Morgan fingerprint density at radius 3 is 1.00 bits per heavy atom. The topological polar surface area (TPSA) is 68.3 Å². The van der Waals surface area contributed by atoms with Gasteiger partial charge in [-0.2, -0.15) is 0 Å². The molecule has 13 heteroatoms. The first kappa shape index (κ1) is 15.0. The quantitative estimate of drug-likeness (QED) is 0.556. The summed E-state index contributed by atoms with van der Waals surface area (Å²) in [6.45, 7) is 0. The number of halogens is 6. The molecular formula is C2F6NiO4S2. The van der Waals surface area contributed by atoms with E-state index in [-0.39, 0.29) is 0 Å². The minimum absolute atomic E-state index is 2.40. The van der Waals surface area contributed by atoms with E-state index in [0.29, 0.717) is 0 Å². The van der Waals surface area contributed by atoms with Crippen molar-refractivity contribution in [3.63, 3.8) is 0 Å². The molecule has 15 heavy (non-hydrogen) atoms. The predicted octanol–water partition coefficient (Wildman–Crippen LogP) is 0.768. The standard InChI is InChI=1S/2CF3O2S.Ni/c2*2-1(3,4)7(5)6;. The fourth-order valence-electron chi connectivity index (χ4n) is 0.151. The summed E-state index contributed by atoms with van der Waals surface area (Å²) in [6.07, 6.45) is 0. The van der Waals surface area contributed by atoms with Gasteiger partial charge in [-0.3, -0.25) is 0 Å². The monoisotopic (exact) mass is 324 g/mol. The van der Waals surface area contributed by atoms with Crippen LogP contribution < -0.4 is 0 Å². The summed E-state index contributed by atoms with van der Waals surface area (Å²) in [5.41, 5.74) is -12.1. The van der Waals surface area contributed by atoms with Gasteiger partial charge in [-0.25, -0.2) is 0 Å². The summed E-state index contributed by atoms with van der Waals surface area (Å²) in [5, 5.41) is 0. The van der Waals surface area contributed by atoms with Crippen LogP contribution in [0.3, 0.4) is 0 Å². The molecule has 0 aliphatic carbocycles. The van der Waals surface area contributed by atoms with Crippen molar-refractivity contribution in [3.05, 3.63) is 0 Å². The van der Waals surface area contributed by atoms with Gasteiger partial charge in [-0.15, -0.1) is 0 Å². The zero-order valence-corrected chi connectivity index (χ0v) is 8.65. The van der Waals surface area contributed by atoms with Crippen molar-refractivity contribution >= 4 is 16.7 Å². The average Bonchev–Trinajstić information content (AvgIpc) is 1.77. The minimum atomic E-state index is -6.41. The molecule has 0 amide bonds. The molecule has 0 N–H and O–H groups in total. The van der Waals surface area contributed by atoms with Gasteiger partial charge in [0.15, 0.2) is 0 Å². The average molecular weight is 325 g/mol. The molecule has 0 saturated heterocycles. The first-order valence-electron chi connectivity index (χ1n) is 2.47. The number of hydrogen-bond acceptors (Lipinski definition) is 4. The second-order valence-corrected chi connectivity index (χ2v) is 9.39. The molecule has 0 aliphatic rings. The first-order valence-corrected chi connectivity index (χ1v) is 7.55. The molecular weight excluding hydrogens is 325 g/mol. The zero-order chi connectivity index (χ0) is 12.7. The Kier molecular flexibility index (Phi) is 3.76. The van der Waals surface area contributed by atoms with E-state index < -0.39 is 40.0 Å². The van der Waals surface area contributed by atoms with Crippen LogP contribution in [0.4, 0.5) is 26.3 Å². The van der Waals surface area contributed by atoms with Crippen LogP contribution >= 0.6 is 0 Å². The molecule has 4 nitrogen and oxygen atoms in total. The van der Waals surface area contributed by atoms with E-state index in [1.54, 1.807) is 0 Å². The van der Waals surface area contributed by atoms with Crippen LogP contribution in [-0.2, 0) is 29.0 Å². The van der Waals surface area contributed by atoms with E-state index >= 15 is 0 Å². The van der Waals surface area contributed by atoms with Gasteiger partial charge in [0, 0.05) is 0 Å². The first-order chi connectivity index (χ1) is 6.21. The van der Waals surface area contributed by atoms with Crippen molar-refractivity contribution in [2.24, 2.45) is 0 Å². The molecule has 96 valence electrons. The van der Waals surface area contributed by atoms with Crippen LogP contribution in [0.5, 0.6) is 0 Å². The Labute approximate surface area is 83.5 Å². The number of alkyl halides is 6. The second-order valence-electron chi connectivity index (χ2n) is 1.75. The molecule has 0 aromatic rings. The third kappa shape index (κ3) is 3.49. The Balaban J connectivity index is 5.28. The maximum absolute atomic E-state index is 11.5. The molecule has 0 fully saturated rings. The third-order valence-electron chi connectivity index (χ3n) is 0.663. The summed E-state index contributed by atoms with van der Waals surface area (Å²) < 4.78 is 109. The van der Waals surface area contributed by atoms with Crippen molar-refractivity contribution in [3.8, 4) is 0 Å². The SMILES string of the molecule is O=[S](=O)([Ni][S](=O)(=O)C(F)(F)F)C(F)(F)F. The summed E-state index contributed by atoms with van der Waals surface area (Å²) >= 11 is -2.40. The van der Waals surface area contributed by atoms with Crippen LogP contribution in [0.25, 0.3) is 0 Å². The van der Waals surface area contributed by atoms with Gasteiger partial charge >= 0.3 is 83.2 Å². The van der Waals surface area contributed by atoms with Crippen molar-refractivity contribution in [2.45, 2.75) is 11.0 Å². The molecule has 0 unspecified atom stereocenters. The Bertz CT molecular complexity index is 385. The summed E-state index contributed by atoms with van der Waals surface area (Å²) in [4.78, 5) is 0. The van der Waals surface area contributed by atoms with E-state index in [2.05, 4.69) is 0 Å². The van der Waals surface area contributed by atoms with Gasteiger partial charge in [0.2, 0.25) is 0 Å². The molecule has 0 aromatic heterocycles. The zero-order valence-electron chi connectivity index (χ0n) is 6.03. The van der Waals surface area contributed by atoms with Gasteiger partial charge in [0.25, 0.3) is 0 Å². The fourth-order valence-corrected chi connectivity index (χ4v) is 5.61. The molecule has 0 aromatic carbocycles. The number of rotatable bonds is 2. The van der Waals surface area contributed by atoms with Gasteiger partial charge < -0.3 is 0 Å². The van der Waals surface area contributed by atoms with Crippen LogP contribution in [0.1, 0.15) is 0 Å². The van der Waals surface area contributed by atoms with E-state index in [0.717, 1.165) is 0 Å². The van der Waals surface area contributed by atoms with Gasteiger partial charge in [-0.1, -0.05) is 0 Å². The van der Waals surface area contributed by atoms with Gasteiger partial charge in [-0.05, 0) is 0 Å². The molecule has 0 radical (unpaired) electrons. The summed E-state index contributed by atoms with van der Waals surface area (Å²) in [7, 11) is -12.8. The molecule has 0 bridgehead atoms. The van der Waals surface area contributed by atoms with E-state index in [1.165, 1.54) is 0 Å². The summed E-state index contributed by atoms with van der Waals surface area (Å²) in [5.74, 6) is 0. The number of hydrogen-bond donors (Lipinski definition) is 0. The predicted molar refractivity (Wildman–Crippen MR) is 29.9 cm³/mol. The Morgan fingerprint density at radius 2 is 0.867 bits per heavy atom.